The molecule has 0 aliphatic heterocycles. The number of rotatable bonds is 8. The number of methoxy groups -OCH3 is 1. The third-order valence-corrected chi connectivity index (χ3v) is 3.88. The minimum absolute atomic E-state index is 0.00610. The molecule has 0 saturated heterocycles. The van der Waals surface area contributed by atoms with Crippen molar-refractivity contribution in [2.45, 2.75) is 13.5 Å². The van der Waals surface area contributed by atoms with Crippen molar-refractivity contribution in [3.8, 4) is 5.75 Å². The van der Waals surface area contributed by atoms with Crippen molar-refractivity contribution < 1.29 is 9.53 Å². The van der Waals surface area contributed by atoms with Crippen molar-refractivity contribution in [2.75, 3.05) is 46.3 Å². The number of carbonyl (C=O) groups is 1. The maximum absolute atomic E-state index is 11.7. The Morgan fingerprint density at radius 3 is 2.67 bits per heavy atom. The molecule has 24 heavy (non-hydrogen) atoms. The average Bonchev–Trinajstić information content (AvgIpc) is 2.55. The van der Waals surface area contributed by atoms with E-state index in [1.54, 1.807) is 37.9 Å². The van der Waals surface area contributed by atoms with Crippen molar-refractivity contribution in [3.63, 3.8) is 0 Å². The van der Waals surface area contributed by atoms with Gasteiger partial charge in [-0.2, -0.15) is 11.8 Å². The van der Waals surface area contributed by atoms with Gasteiger partial charge in [-0.25, -0.2) is 4.99 Å². The van der Waals surface area contributed by atoms with Crippen LogP contribution in [0.4, 0.5) is 0 Å². The van der Waals surface area contributed by atoms with Crippen LogP contribution in [0.2, 0.25) is 0 Å². The van der Waals surface area contributed by atoms with Crippen molar-refractivity contribution in [2.24, 2.45) is 4.99 Å². The first-order valence-corrected chi connectivity index (χ1v) is 9.21. The molecule has 0 aliphatic carbocycles. The molecule has 0 spiro atoms. The fourth-order valence-corrected chi connectivity index (χ4v) is 2.27. The van der Waals surface area contributed by atoms with E-state index in [-0.39, 0.29) is 12.5 Å². The molecule has 0 radical (unpaired) electrons. The maximum Gasteiger partial charge on any atom is 0.241 e. The predicted octanol–water partition coefficient (Wildman–Crippen LogP) is 1.49. The molecule has 0 saturated carbocycles. The Labute approximate surface area is 149 Å². The van der Waals surface area contributed by atoms with Gasteiger partial charge in [-0.15, -0.1) is 0 Å². The number of hydrogen-bond acceptors (Lipinski definition) is 4. The van der Waals surface area contributed by atoms with E-state index in [0.717, 1.165) is 29.2 Å². The fourth-order valence-electron chi connectivity index (χ4n) is 1.97. The van der Waals surface area contributed by atoms with Gasteiger partial charge in [0.25, 0.3) is 0 Å². The number of aliphatic imine (C=N–C) groups is 1. The molecule has 1 aromatic carbocycles. The topological polar surface area (TPSA) is 66.0 Å². The van der Waals surface area contributed by atoms with E-state index in [0.29, 0.717) is 12.5 Å². The van der Waals surface area contributed by atoms with Gasteiger partial charge in [-0.3, -0.25) is 4.79 Å². The highest BCUT2D eigenvalue weighted by molar-refractivity contribution is 7.98. The number of nitrogens with one attached hydrogen (secondary N) is 2. The monoisotopic (exact) mass is 352 g/mol. The highest BCUT2D eigenvalue weighted by Gasteiger charge is 2.06. The second kappa shape index (κ2) is 10.8. The Hall–Kier alpha value is -1.89. The first kappa shape index (κ1) is 20.2. The molecular weight excluding hydrogens is 324 g/mol. The van der Waals surface area contributed by atoms with Crippen LogP contribution in [0.15, 0.2) is 23.2 Å². The van der Waals surface area contributed by atoms with Crippen molar-refractivity contribution in [1.82, 2.24) is 15.5 Å². The first-order chi connectivity index (χ1) is 11.5. The van der Waals surface area contributed by atoms with Gasteiger partial charge in [0.05, 0.1) is 20.2 Å². The van der Waals surface area contributed by atoms with Crippen molar-refractivity contribution in [3.05, 3.63) is 29.3 Å². The van der Waals surface area contributed by atoms with Crippen LogP contribution in [-0.4, -0.2) is 63.1 Å². The van der Waals surface area contributed by atoms with Crippen LogP contribution in [0, 0.1) is 6.92 Å². The average molecular weight is 353 g/mol. The molecule has 0 aliphatic rings. The molecule has 0 fully saturated rings. The summed E-state index contributed by atoms with van der Waals surface area (Å²) >= 11 is 1.76. The number of carbonyl (C=O) groups excluding carboxylic acids is 1. The van der Waals surface area contributed by atoms with Gasteiger partial charge in [0.2, 0.25) is 5.91 Å². The van der Waals surface area contributed by atoms with E-state index < -0.39 is 0 Å². The number of hydrogen-bond donors (Lipinski definition) is 2. The number of benzene rings is 1. The summed E-state index contributed by atoms with van der Waals surface area (Å²) in [4.78, 5) is 17.9. The van der Waals surface area contributed by atoms with Gasteiger partial charge in [0, 0.05) is 26.4 Å². The largest absolute Gasteiger partial charge is 0.497 e. The van der Waals surface area contributed by atoms with E-state index in [2.05, 4.69) is 27.9 Å². The molecule has 0 atom stereocenters. The SMILES string of the molecule is COc1cc(C)cc(CN=C(NCCSC)NCC(=O)N(C)C)c1. The summed E-state index contributed by atoms with van der Waals surface area (Å²) in [6, 6.07) is 6.04. The lowest BCUT2D eigenvalue weighted by atomic mass is 10.1. The number of likely N-dealkylation sites (N-methyl/N-ethyl adjacent to an activating group) is 1. The van der Waals surface area contributed by atoms with E-state index in [1.165, 1.54) is 0 Å². The minimum atomic E-state index is 0.00610. The molecule has 7 heteroatoms. The van der Waals surface area contributed by atoms with Crippen molar-refractivity contribution in [1.29, 1.82) is 0 Å². The Balaban J connectivity index is 2.75. The fraction of sp³-hybridized carbons (Fsp3) is 0.529. The Morgan fingerprint density at radius 2 is 2.04 bits per heavy atom. The maximum atomic E-state index is 11.7. The number of amides is 1. The molecule has 1 rings (SSSR count). The highest BCUT2D eigenvalue weighted by atomic mass is 32.2. The van der Waals surface area contributed by atoms with Crippen LogP contribution in [0.1, 0.15) is 11.1 Å². The lowest BCUT2D eigenvalue weighted by Crippen LogP contribution is -2.43. The molecule has 0 unspecified atom stereocenters. The van der Waals surface area contributed by atoms with Gasteiger partial charge in [0.15, 0.2) is 5.96 Å². The molecule has 134 valence electrons. The summed E-state index contributed by atoms with van der Waals surface area (Å²) in [5, 5.41) is 6.32. The number of nitrogens with zero attached hydrogens (tertiary/aromatic N) is 2. The molecular formula is C17H28N4O2S. The number of guanidine groups is 1. The molecule has 0 heterocycles. The standard InChI is InChI=1S/C17H28N4O2S/c1-13-8-14(10-15(9-13)23-4)11-19-17(18-6-7-24-5)20-12-16(22)21(2)3/h8-10H,6-7,11-12H2,1-5H3,(H2,18,19,20). The molecule has 6 nitrogen and oxygen atoms in total. The van der Waals surface area contributed by atoms with E-state index in [9.17, 15) is 4.79 Å². The van der Waals surface area contributed by atoms with E-state index in [4.69, 9.17) is 4.74 Å². The Bertz CT molecular complexity index is 562. The number of ether oxygens (including phenoxy) is 1. The van der Waals surface area contributed by atoms with Crippen LogP contribution in [0.5, 0.6) is 5.75 Å². The summed E-state index contributed by atoms with van der Waals surface area (Å²) in [7, 11) is 5.13. The first-order valence-electron chi connectivity index (χ1n) is 7.82. The summed E-state index contributed by atoms with van der Waals surface area (Å²) in [6.45, 7) is 3.56. The lowest BCUT2D eigenvalue weighted by Gasteiger charge is -2.15. The minimum Gasteiger partial charge on any atom is -0.497 e. The zero-order valence-corrected chi connectivity index (χ0v) is 16.0. The van der Waals surface area contributed by atoms with Crippen molar-refractivity contribution >= 4 is 23.6 Å². The van der Waals surface area contributed by atoms with Crippen LogP contribution in [0.25, 0.3) is 0 Å². The second-order valence-corrected chi connectivity index (χ2v) is 6.57. The Morgan fingerprint density at radius 1 is 1.29 bits per heavy atom. The van der Waals surface area contributed by atoms with E-state index in [1.807, 2.05) is 19.1 Å². The number of thioether (sulfide) groups is 1. The van der Waals surface area contributed by atoms with E-state index >= 15 is 0 Å². The normalized spacial score (nSPS) is 11.1. The zero-order chi connectivity index (χ0) is 17.9. The highest BCUT2D eigenvalue weighted by Crippen LogP contribution is 2.16. The predicted molar refractivity (Wildman–Crippen MR) is 102 cm³/mol. The lowest BCUT2D eigenvalue weighted by molar-refractivity contribution is -0.127. The Kier molecular flexibility index (Phi) is 9.07. The van der Waals surface area contributed by atoms with Gasteiger partial charge in [0.1, 0.15) is 5.75 Å². The summed E-state index contributed by atoms with van der Waals surface area (Å²) < 4.78 is 5.29. The molecule has 0 bridgehead atoms. The molecule has 1 aromatic rings. The smallest absolute Gasteiger partial charge is 0.241 e. The van der Waals surface area contributed by atoms with Crippen LogP contribution in [0.3, 0.4) is 0 Å². The third kappa shape index (κ3) is 7.59. The summed E-state index contributed by atoms with van der Waals surface area (Å²) in [5.41, 5.74) is 2.20. The van der Waals surface area contributed by atoms with Gasteiger partial charge in [-0.05, 0) is 36.4 Å². The van der Waals surface area contributed by atoms with Gasteiger partial charge < -0.3 is 20.3 Å². The summed E-state index contributed by atoms with van der Waals surface area (Å²) in [5.74, 6) is 2.44. The van der Waals surface area contributed by atoms with Crippen LogP contribution in [-0.2, 0) is 11.3 Å². The third-order valence-electron chi connectivity index (χ3n) is 3.27. The summed E-state index contributed by atoms with van der Waals surface area (Å²) in [6.07, 6.45) is 2.06. The second-order valence-electron chi connectivity index (χ2n) is 5.58. The van der Waals surface area contributed by atoms with Gasteiger partial charge in [-0.1, -0.05) is 6.07 Å². The molecule has 0 aromatic heterocycles. The van der Waals surface area contributed by atoms with Crippen LogP contribution >= 0.6 is 11.8 Å². The quantitative estimate of drug-likeness (QED) is 0.422. The van der Waals surface area contributed by atoms with Gasteiger partial charge >= 0.3 is 0 Å². The van der Waals surface area contributed by atoms with Crippen LogP contribution < -0.4 is 15.4 Å². The zero-order valence-electron chi connectivity index (χ0n) is 15.2. The molecule has 2 N–H and O–H groups in total. The molecule has 1 amide bonds. The number of aryl methyl sites for hydroxylation is 1.